The Hall–Kier alpha value is 0.137. The molecule has 2 heteroatoms. The van der Waals surface area contributed by atoms with Crippen LogP contribution in [-0.4, -0.2) is 0 Å². The third-order valence-corrected chi connectivity index (χ3v) is 2.06. The molecule has 0 saturated carbocycles. The van der Waals surface area contributed by atoms with Crippen molar-refractivity contribution < 1.29 is 24.0 Å². The van der Waals surface area contributed by atoms with Gasteiger partial charge < -0.3 is 5.11 Å². The van der Waals surface area contributed by atoms with Crippen molar-refractivity contribution in [1.29, 1.82) is 0 Å². The second-order valence-electron chi connectivity index (χ2n) is 2.94. The number of rotatable bonds is 0. The van der Waals surface area contributed by atoms with Crippen molar-refractivity contribution in [3.05, 3.63) is 11.3 Å². The van der Waals surface area contributed by atoms with E-state index in [1.54, 1.807) is 0 Å². The molecule has 10 heavy (non-hydrogen) atoms. The summed E-state index contributed by atoms with van der Waals surface area (Å²) in [6.45, 7) is 3.98. The average molecular weight is 132 g/mol. The quantitative estimate of drug-likeness (QED) is 0.366. The third kappa shape index (κ3) is 2.07. The van der Waals surface area contributed by atoms with Crippen LogP contribution in [0.25, 0.3) is 0 Å². The fraction of sp³-hybridized carbons (Fsp3) is 0.750. The van der Waals surface area contributed by atoms with E-state index in [2.05, 4.69) is 0 Å². The maximum atomic E-state index is 11.1. The predicted molar refractivity (Wildman–Crippen MR) is 35.7 cm³/mol. The Morgan fingerprint density at radius 2 is 2.10 bits per heavy atom. The van der Waals surface area contributed by atoms with Gasteiger partial charge in [-0.25, -0.2) is 0 Å². The van der Waals surface area contributed by atoms with Gasteiger partial charge in [0.05, 0.1) is 0 Å². The maximum absolute atomic E-state index is 11.1. The van der Waals surface area contributed by atoms with Crippen molar-refractivity contribution in [1.82, 2.24) is 0 Å². The molecule has 1 aliphatic rings. The molecule has 0 radical (unpaired) electrons. The summed E-state index contributed by atoms with van der Waals surface area (Å²) in [4.78, 5) is 0. The zero-order valence-corrected chi connectivity index (χ0v) is 7.11. The van der Waals surface area contributed by atoms with Gasteiger partial charge in [0, 0.05) is 0 Å². The Morgan fingerprint density at radius 1 is 1.50 bits per heavy atom. The molecule has 0 aliphatic heterocycles. The molecule has 0 spiro atoms. The third-order valence-electron chi connectivity index (χ3n) is 2.06. The molecule has 52 valence electrons. The molecule has 0 bridgehead atoms. The Kier molecular flexibility index (Phi) is 4.16. The van der Waals surface area contributed by atoms with Gasteiger partial charge in [-0.1, -0.05) is 12.5 Å². The van der Waals surface area contributed by atoms with E-state index < -0.39 is 0 Å². The first-order valence-electron chi connectivity index (χ1n) is 3.58. The van der Waals surface area contributed by atoms with Gasteiger partial charge in [-0.2, -0.15) is 0 Å². The molecule has 1 unspecified atom stereocenters. The van der Waals surface area contributed by atoms with Gasteiger partial charge in [0.25, 0.3) is 0 Å². The van der Waals surface area contributed by atoms with Crippen LogP contribution >= 0.6 is 0 Å². The molecule has 0 aromatic rings. The summed E-state index contributed by atoms with van der Waals surface area (Å²) in [6, 6.07) is 0. The SMILES string of the molecule is CC1=C([O-])C(C)CCC1.[Li+]. The number of allylic oxidation sites excluding steroid dienone is 2. The van der Waals surface area contributed by atoms with E-state index in [9.17, 15) is 5.11 Å². The molecule has 0 heterocycles. The zero-order valence-electron chi connectivity index (χ0n) is 7.11. The Labute approximate surface area is 74.7 Å². The molecular formula is C8H13LiO. The first-order valence-corrected chi connectivity index (χ1v) is 3.58. The summed E-state index contributed by atoms with van der Waals surface area (Å²) in [5.41, 5.74) is 1.08. The molecular weight excluding hydrogens is 119 g/mol. The van der Waals surface area contributed by atoms with Crippen molar-refractivity contribution in [2.75, 3.05) is 0 Å². The van der Waals surface area contributed by atoms with Crippen LogP contribution in [0.3, 0.4) is 0 Å². The smallest absolute Gasteiger partial charge is 0.875 e. The van der Waals surface area contributed by atoms with Crippen molar-refractivity contribution in [2.24, 2.45) is 5.92 Å². The van der Waals surface area contributed by atoms with Crippen molar-refractivity contribution >= 4 is 0 Å². The van der Waals surface area contributed by atoms with E-state index in [1.807, 2.05) is 13.8 Å². The first-order chi connectivity index (χ1) is 4.22. The molecule has 1 aliphatic carbocycles. The summed E-state index contributed by atoms with van der Waals surface area (Å²) in [6.07, 6.45) is 3.33. The van der Waals surface area contributed by atoms with Crippen molar-refractivity contribution in [3.8, 4) is 0 Å². The Bertz CT molecular complexity index is 140. The van der Waals surface area contributed by atoms with Gasteiger partial charge >= 0.3 is 18.9 Å². The minimum absolute atomic E-state index is 0. The monoisotopic (exact) mass is 132 g/mol. The van der Waals surface area contributed by atoms with Crippen LogP contribution in [0.2, 0.25) is 0 Å². The van der Waals surface area contributed by atoms with Crippen LogP contribution in [-0.2, 0) is 0 Å². The van der Waals surface area contributed by atoms with E-state index >= 15 is 0 Å². The summed E-state index contributed by atoms with van der Waals surface area (Å²) in [7, 11) is 0. The van der Waals surface area contributed by atoms with Crippen LogP contribution in [0.15, 0.2) is 11.3 Å². The fourth-order valence-corrected chi connectivity index (χ4v) is 1.35. The minimum Gasteiger partial charge on any atom is -0.875 e. The molecule has 1 nitrogen and oxygen atoms in total. The van der Waals surface area contributed by atoms with Gasteiger partial charge in [-0.05, 0) is 32.1 Å². The van der Waals surface area contributed by atoms with Crippen LogP contribution in [0, 0.1) is 5.92 Å². The Morgan fingerprint density at radius 3 is 2.50 bits per heavy atom. The van der Waals surface area contributed by atoms with Crippen molar-refractivity contribution in [3.63, 3.8) is 0 Å². The molecule has 1 rings (SSSR count). The molecule has 0 N–H and O–H groups in total. The summed E-state index contributed by atoms with van der Waals surface area (Å²) < 4.78 is 0. The van der Waals surface area contributed by atoms with Gasteiger partial charge in [0.1, 0.15) is 0 Å². The summed E-state index contributed by atoms with van der Waals surface area (Å²) in [5.74, 6) is 0.694. The average Bonchev–Trinajstić information content (AvgIpc) is 1.83. The van der Waals surface area contributed by atoms with Gasteiger partial charge in [0.2, 0.25) is 0 Å². The zero-order chi connectivity index (χ0) is 6.85. The summed E-state index contributed by atoms with van der Waals surface area (Å²) >= 11 is 0. The van der Waals surface area contributed by atoms with Crippen LogP contribution in [0.4, 0.5) is 0 Å². The van der Waals surface area contributed by atoms with Gasteiger partial charge in [-0.3, -0.25) is 0 Å². The molecule has 0 saturated heterocycles. The van der Waals surface area contributed by atoms with Gasteiger partial charge in [-0.15, -0.1) is 5.76 Å². The molecule has 0 aromatic carbocycles. The van der Waals surface area contributed by atoms with Crippen molar-refractivity contribution in [2.45, 2.75) is 33.1 Å². The van der Waals surface area contributed by atoms with E-state index in [-0.39, 0.29) is 18.9 Å². The molecule has 0 amide bonds. The van der Waals surface area contributed by atoms with Crippen LogP contribution in [0.1, 0.15) is 33.1 Å². The molecule has 0 fully saturated rings. The van der Waals surface area contributed by atoms with E-state index in [1.165, 1.54) is 6.42 Å². The standard InChI is InChI=1S/C8H14O.Li/c1-6-4-3-5-7(2)8(6)9;/h6,9H,3-5H2,1-2H3;/q;+1/p-1. The first kappa shape index (κ1) is 10.1. The Balaban J connectivity index is 0.000000810. The predicted octanol–water partition coefficient (Wildman–Crippen LogP) is -1.56. The second-order valence-corrected chi connectivity index (χ2v) is 2.94. The van der Waals surface area contributed by atoms with E-state index in [4.69, 9.17) is 0 Å². The molecule has 0 aromatic heterocycles. The van der Waals surface area contributed by atoms with Gasteiger partial charge in [0.15, 0.2) is 0 Å². The summed E-state index contributed by atoms with van der Waals surface area (Å²) in [5, 5.41) is 11.1. The number of hydrogen-bond acceptors (Lipinski definition) is 1. The van der Waals surface area contributed by atoms with Crippen LogP contribution in [0.5, 0.6) is 0 Å². The van der Waals surface area contributed by atoms with E-state index in [0.29, 0.717) is 11.7 Å². The topological polar surface area (TPSA) is 23.1 Å². The number of hydrogen-bond donors (Lipinski definition) is 0. The molecule has 1 atom stereocenters. The largest absolute Gasteiger partial charge is 1.00 e. The second kappa shape index (κ2) is 4.11. The van der Waals surface area contributed by atoms with E-state index in [0.717, 1.165) is 18.4 Å². The fourth-order valence-electron chi connectivity index (χ4n) is 1.35. The van der Waals surface area contributed by atoms with Crippen LogP contribution < -0.4 is 24.0 Å². The minimum atomic E-state index is 0. The normalized spacial score (nSPS) is 26.0. The maximum Gasteiger partial charge on any atom is 1.00 e.